The molecule has 2 N–H and O–H groups in total. The summed E-state index contributed by atoms with van der Waals surface area (Å²) in [6.07, 6.45) is 2.70. The minimum Gasteiger partial charge on any atom is -0.507 e. The van der Waals surface area contributed by atoms with Crippen molar-refractivity contribution in [3.8, 4) is 11.5 Å². The van der Waals surface area contributed by atoms with E-state index in [-0.39, 0.29) is 22.9 Å². The van der Waals surface area contributed by atoms with Gasteiger partial charge in [-0.2, -0.15) is 0 Å². The smallest absolute Gasteiger partial charge is 0.271 e. The summed E-state index contributed by atoms with van der Waals surface area (Å²) in [5.41, 5.74) is 1.05. The van der Waals surface area contributed by atoms with E-state index in [2.05, 4.69) is 9.98 Å². The molecule has 0 aliphatic rings. The van der Waals surface area contributed by atoms with Crippen LogP contribution in [0, 0.1) is 10.1 Å². The predicted molar refractivity (Wildman–Crippen MR) is 114 cm³/mol. The maximum atomic E-state index is 11.1. The Balaban J connectivity index is 2.02. The first kappa shape index (κ1) is 20.3. The van der Waals surface area contributed by atoms with Gasteiger partial charge in [-0.05, 0) is 42.5 Å². The van der Waals surface area contributed by atoms with Crippen molar-refractivity contribution < 1.29 is 15.1 Å². The second-order valence-electron chi connectivity index (χ2n) is 5.85. The van der Waals surface area contributed by atoms with E-state index in [1.54, 1.807) is 0 Å². The molecule has 0 aromatic heterocycles. The van der Waals surface area contributed by atoms with E-state index in [4.69, 9.17) is 23.2 Å². The Morgan fingerprint density at radius 1 is 0.793 bits per heavy atom. The van der Waals surface area contributed by atoms with Gasteiger partial charge in [0.05, 0.1) is 16.3 Å². The lowest BCUT2D eigenvalue weighted by Gasteiger charge is -2.03. The molecule has 0 amide bonds. The molecule has 9 heteroatoms. The molecule has 3 aromatic carbocycles. The van der Waals surface area contributed by atoms with E-state index in [0.29, 0.717) is 26.9 Å². The number of aromatic hydroxyl groups is 2. The lowest BCUT2D eigenvalue weighted by Crippen LogP contribution is -1.88. The van der Waals surface area contributed by atoms with Crippen LogP contribution in [0.25, 0.3) is 0 Å². The van der Waals surface area contributed by atoms with Crippen LogP contribution in [-0.2, 0) is 0 Å². The van der Waals surface area contributed by atoms with Gasteiger partial charge in [-0.15, -0.1) is 0 Å². The first-order valence-corrected chi connectivity index (χ1v) is 8.92. The number of non-ortho nitro benzene ring substituents is 1. The van der Waals surface area contributed by atoms with Crippen molar-refractivity contribution in [2.75, 3.05) is 0 Å². The molecule has 0 fully saturated rings. The third-order valence-corrected chi connectivity index (χ3v) is 4.30. The topological polar surface area (TPSA) is 108 Å². The Morgan fingerprint density at radius 2 is 1.31 bits per heavy atom. The van der Waals surface area contributed by atoms with E-state index in [1.807, 2.05) is 0 Å². The van der Waals surface area contributed by atoms with Crippen LogP contribution in [0.15, 0.2) is 64.6 Å². The SMILES string of the molecule is O=[N+]([O-])c1ccc(/N=C/c2cc(Cl)ccc2O)c(/N=C/c2cc(Cl)ccc2O)c1. The van der Waals surface area contributed by atoms with Crippen molar-refractivity contribution in [3.63, 3.8) is 0 Å². The number of phenols is 2. The number of aliphatic imine (C=N–C) groups is 2. The average Bonchev–Trinajstić information content (AvgIpc) is 2.69. The summed E-state index contributed by atoms with van der Waals surface area (Å²) in [7, 11) is 0. The number of rotatable bonds is 5. The molecular weight excluding hydrogens is 417 g/mol. The highest BCUT2D eigenvalue weighted by Crippen LogP contribution is 2.33. The van der Waals surface area contributed by atoms with Gasteiger partial charge in [-0.25, -0.2) is 0 Å². The molecule has 7 nitrogen and oxygen atoms in total. The van der Waals surface area contributed by atoms with E-state index in [9.17, 15) is 20.3 Å². The molecule has 0 aliphatic heterocycles. The van der Waals surface area contributed by atoms with Gasteiger partial charge in [-0.3, -0.25) is 20.1 Å². The van der Waals surface area contributed by atoms with E-state index < -0.39 is 4.92 Å². The number of hydrogen-bond acceptors (Lipinski definition) is 6. The van der Waals surface area contributed by atoms with Gasteiger partial charge >= 0.3 is 0 Å². The second-order valence-corrected chi connectivity index (χ2v) is 6.73. The molecule has 146 valence electrons. The highest BCUT2D eigenvalue weighted by molar-refractivity contribution is 6.31. The fourth-order valence-corrected chi connectivity index (χ4v) is 2.73. The van der Waals surface area contributed by atoms with Crippen molar-refractivity contribution >= 4 is 52.7 Å². The minimum atomic E-state index is -0.549. The zero-order valence-corrected chi connectivity index (χ0v) is 16.2. The normalized spacial score (nSPS) is 11.4. The first-order chi connectivity index (χ1) is 13.8. The van der Waals surface area contributed by atoms with E-state index >= 15 is 0 Å². The molecule has 0 radical (unpaired) electrons. The lowest BCUT2D eigenvalue weighted by atomic mass is 10.2. The Kier molecular flexibility index (Phi) is 6.11. The zero-order chi connectivity index (χ0) is 21.0. The predicted octanol–water partition coefficient (Wildman–Crippen LogP) is 5.81. The molecule has 0 saturated heterocycles. The van der Waals surface area contributed by atoms with Crippen LogP contribution in [0.1, 0.15) is 11.1 Å². The quantitative estimate of drug-likeness (QED) is 0.302. The highest BCUT2D eigenvalue weighted by Gasteiger charge is 2.10. The summed E-state index contributed by atoms with van der Waals surface area (Å²) >= 11 is 11.8. The van der Waals surface area contributed by atoms with Crippen molar-refractivity contribution in [2.45, 2.75) is 0 Å². The summed E-state index contributed by atoms with van der Waals surface area (Å²) in [5, 5.41) is 31.7. The summed E-state index contributed by atoms with van der Waals surface area (Å²) < 4.78 is 0. The third-order valence-electron chi connectivity index (χ3n) is 3.83. The Morgan fingerprint density at radius 3 is 1.83 bits per heavy atom. The van der Waals surface area contributed by atoms with Gasteiger partial charge in [0.1, 0.15) is 11.5 Å². The monoisotopic (exact) mass is 429 g/mol. The molecule has 0 bridgehead atoms. The summed E-state index contributed by atoms with van der Waals surface area (Å²) in [6, 6.07) is 12.9. The highest BCUT2D eigenvalue weighted by atomic mass is 35.5. The number of nitro benzene ring substituents is 1. The molecule has 3 rings (SSSR count). The average molecular weight is 430 g/mol. The van der Waals surface area contributed by atoms with Crippen molar-refractivity contribution in [1.82, 2.24) is 0 Å². The van der Waals surface area contributed by atoms with E-state index in [1.165, 1.54) is 67.0 Å². The molecule has 0 aliphatic carbocycles. The van der Waals surface area contributed by atoms with Crippen LogP contribution < -0.4 is 0 Å². The molecule has 0 heterocycles. The van der Waals surface area contributed by atoms with Gasteiger partial charge in [0.2, 0.25) is 0 Å². The van der Waals surface area contributed by atoms with Crippen molar-refractivity contribution in [1.29, 1.82) is 0 Å². The number of phenolic OH excluding ortho intramolecular Hbond substituents is 2. The van der Waals surface area contributed by atoms with Crippen molar-refractivity contribution in [2.24, 2.45) is 9.98 Å². The van der Waals surface area contributed by atoms with Crippen LogP contribution in [0.2, 0.25) is 10.0 Å². The molecule has 29 heavy (non-hydrogen) atoms. The van der Waals surface area contributed by atoms with Crippen LogP contribution in [0.5, 0.6) is 11.5 Å². The fourth-order valence-electron chi connectivity index (χ4n) is 2.37. The van der Waals surface area contributed by atoms with Crippen LogP contribution in [-0.4, -0.2) is 27.6 Å². The number of hydrogen-bond donors (Lipinski definition) is 2. The Bertz CT molecular complexity index is 1150. The molecule has 0 atom stereocenters. The van der Waals surface area contributed by atoms with Crippen molar-refractivity contribution in [3.05, 3.63) is 85.9 Å². The summed E-state index contributed by atoms with van der Waals surface area (Å²) in [4.78, 5) is 19.0. The van der Waals surface area contributed by atoms with Gasteiger partial charge in [0.25, 0.3) is 5.69 Å². The minimum absolute atomic E-state index is 0.0195. The standard InChI is InChI=1S/C20H13Cl2N3O4/c21-14-1-5-19(26)12(7-14)10-23-17-4-3-16(25(28)29)9-18(17)24-11-13-8-15(22)2-6-20(13)27/h1-11,26-27H/b23-10+,24-11+. The number of nitro groups is 1. The molecular formula is C20H13Cl2N3O4. The maximum Gasteiger partial charge on any atom is 0.271 e. The number of benzene rings is 3. The molecule has 0 unspecified atom stereocenters. The molecule has 0 spiro atoms. The largest absolute Gasteiger partial charge is 0.507 e. The molecule has 0 saturated carbocycles. The second kappa shape index (κ2) is 8.72. The molecule has 3 aromatic rings. The van der Waals surface area contributed by atoms with Crippen LogP contribution >= 0.6 is 23.2 Å². The van der Waals surface area contributed by atoms with E-state index in [0.717, 1.165) is 0 Å². The van der Waals surface area contributed by atoms with Gasteiger partial charge < -0.3 is 10.2 Å². The first-order valence-electron chi connectivity index (χ1n) is 8.17. The van der Waals surface area contributed by atoms with Gasteiger partial charge in [0, 0.05) is 45.7 Å². The van der Waals surface area contributed by atoms with Gasteiger partial charge in [0.15, 0.2) is 0 Å². The van der Waals surface area contributed by atoms with Crippen LogP contribution in [0.4, 0.5) is 17.1 Å². The summed E-state index contributed by atoms with van der Waals surface area (Å²) in [5.74, 6) is -0.0635. The Hall–Kier alpha value is -3.42. The van der Waals surface area contributed by atoms with Gasteiger partial charge in [-0.1, -0.05) is 23.2 Å². The third kappa shape index (κ3) is 5.10. The zero-order valence-electron chi connectivity index (χ0n) is 14.7. The summed E-state index contributed by atoms with van der Waals surface area (Å²) in [6.45, 7) is 0. The number of halogens is 2. The van der Waals surface area contributed by atoms with Crippen LogP contribution in [0.3, 0.4) is 0 Å². The maximum absolute atomic E-state index is 11.1. The Labute approximate surface area is 175 Å². The fraction of sp³-hybridized carbons (Fsp3) is 0. The number of nitrogens with zero attached hydrogens (tertiary/aromatic N) is 3. The lowest BCUT2D eigenvalue weighted by molar-refractivity contribution is -0.384.